The molecular weight excluding hydrogens is 284 g/mol. The predicted molar refractivity (Wildman–Crippen MR) is 85.6 cm³/mol. The summed E-state index contributed by atoms with van der Waals surface area (Å²) in [6, 6.07) is 0. The molecule has 1 aliphatic carbocycles. The molecule has 7 heteroatoms. The molecule has 112 valence electrons. The van der Waals surface area contributed by atoms with Crippen molar-refractivity contribution >= 4 is 23.0 Å². The lowest BCUT2D eigenvalue weighted by Crippen LogP contribution is -2.17. The zero-order valence-corrected chi connectivity index (χ0v) is 13.1. The Hall–Kier alpha value is -1.73. The normalized spacial score (nSPS) is 15.8. The summed E-state index contributed by atoms with van der Waals surface area (Å²) in [4.78, 5) is 13.5. The highest BCUT2D eigenvalue weighted by Crippen LogP contribution is 2.39. The van der Waals surface area contributed by atoms with Gasteiger partial charge in [0.1, 0.15) is 17.5 Å². The van der Waals surface area contributed by atoms with E-state index in [9.17, 15) is 0 Å². The van der Waals surface area contributed by atoms with Gasteiger partial charge in [-0.15, -0.1) is 11.3 Å². The van der Waals surface area contributed by atoms with Gasteiger partial charge < -0.3 is 10.7 Å². The molecule has 0 aliphatic heterocycles. The summed E-state index contributed by atoms with van der Waals surface area (Å²) < 4.78 is 0. The first kappa shape index (κ1) is 14.2. The number of thiazole rings is 1. The van der Waals surface area contributed by atoms with E-state index in [1.54, 1.807) is 11.3 Å². The second kappa shape index (κ2) is 5.95. The first-order valence-corrected chi connectivity index (χ1v) is 8.05. The van der Waals surface area contributed by atoms with Crippen LogP contribution in [0.2, 0.25) is 0 Å². The van der Waals surface area contributed by atoms with Crippen LogP contribution in [0, 0.1) is 6.92 Å². The van der Waals surface area contributed by atoms with Gasteiger partial charge in [-0.3, -0.25) is 0 Å². The summed E-state index contributed by atoms with van der Waals surface area (Å²) >= 11 is 1.68. The second-order valence-electron chi connectivity index (χ2n) is 5.47. The average molecular weight is 304 g/mol. The van der Waals surface area contributed by atoms with Crippen LogP contribution in [0.5, 0.6) is 0 Å². The molecule has 0 radical (unpaired) electrons. The third kappa shape index (κ3) is 3.14. The van der Waals surface area contributed by atoms with Gasteiger partial charge in [-0.1, -0.05) is 6.92 Å². The highest BCUT2D eigenvalue weighted by molar-refractivity contribution is 7.09. The number of anilines is 2. The van der Waals surface area contributed by atoms with E-state index in [0.717, 1.165) is 28.8 Å². The minimum atomic E-state index is 0.345. The molecule has 1 unspecified atom stereocenters. The zero-order valence-electron chi connectivity index (χ0n) is 12.3. The fourth-order valence-electron chi connectivity index (χ4n) is 2.19. The lowest BCUT2D eigenvalue weighted by molar-refractivity contribution is 0.787. The van der Waals surface area contributed by atoms with E-state index in [0.29, 0.717) is 17.7 Å². The van der Waals surface area contributed by atoms with Crippen molar-refractivity contribution in [2.75, 3.05) is 17.3 Å². The average Bonchev–Trinajstić information content (AvgIpc) is 3.20. The van der Waals surface area contributed by atoms with Gasteiger partial charge in [0.05, 0.1) is 5.01 Å². The molecule has 4 N–H and O–H groups in total. The number of rotatable bonds is 6. The van der Waals surface area contributed by atoms with Crippen molar-refractivity contribution in [3.8, 4) is 0 Å². The van der Waals surface area contributed by atoms with E-state index in [1.807, 2.05) is 18.5 Å². The molecule has 1 fully saturated rings. The van der Waals surface area contributed by atoms with Crippen molar-refractivity contribution in [2.45, 2.75) is 38.5 Å². The third-order valence-electron chi connectivity index (χ3n) is 3.69. The van der Waals surface area contributed by atoms with Crippen LogP contribution in [0.1, 0.15) is 48.0 Å². The fraction of sp³-hybridized carbons (Fsp3) is 0.500. The van der Waals surface area contributed by atoms with Gasteiger partial charge in [0.15, 0.2) is 0 Å². The van der Waals surface area contributed by atoms with Crippen LogP contribution in [-0.4, -0.2) is 21.5 Å². The third-order valence-corrected chi connectivity index (χ3v) is 4.70. The van der Waals surface area contributed by atoms with Gasteiger partial charge in [-0.2, -0.15) is 0 Å². The number of aromatic nitrogens is 3. The minimum absolute atomic E-state index is 0.345. The predicted octanol–water partition coefficient (Wildman–Crippen LogP) is 2.62. The summed E-state index contributed by atoms with van der Waals surface area (Å²) in [5, 5.41) is 6.56. The van der Waals surface area contributed by atoms with Crippen molar-refractivity contribution in [3.05, 3.63) is 28.0 Å². The highest BCUT2D eigenvalue weighted by atomic mass is 32.1. The molecule has 0 amide bonds. The number of hydrazine groups is 1. The van der Waals surface area contributed by atoms with Crippen LogP contribution in [0.25, 0.3) is 0 Å². The molecule has 2 aromatic rings. The number of hydrogen-bond acceptors (Lipinski definition) is 7. The molecular formula is C14H20N6S. The Morgan fingerprint density at radius 1 is 1.38 bits per heavy atom. The minimum Gasteiger partial charge on any atom is -0.369 e. The Morgan fingerprint density at radius 3 is 2.76 bits per heavy atom. The summed E-state index contributed by atoms with van der Waals surface area (Å²) in [6.45, 7) is 4.92. The molecule has 1 saturated carbocycles. The van der Waals surface area contributed by atoms with E-state index < -0.39 is 0 Å². The summed E-state index contributed by atoms with van der Waals surface area (Å²) in [7, 11) is 0. The summed E-state index contributed by atoms with van der Waals surface area (Å²) in [5.74, 6) is 8.86. The van der Waals surface area contributed by atoms with Gasteiger partial charge in [-0.05, 0) is 19.8 Å². The Labute approximate surface area is 128 Å². The maximum atomic E-state index is 5.57. The van der Waals surface area contributed by atoms with Gasteiger partial charge >= 0.3 is 0 Å². The Balaban J connectivity index is 1.76. The van der Waals surface area contributed by atoms with Crippen LogP contribution in [0.4, 0.5) is 11.6 Å². The van der Waals surface area contributed by atoms with Crippen LogP contribution in [0.15, 0.2) is 11.6 Å². The maximum absolute atomic E-state index is 5.57. The van der Waals surface area contributed by atoms with E-state index in [-0.39, 0.29) is 0 Å². The molecule has 0 saturated heterocycles. The first-order valence-electron chi connectivity index (χ1n) is 7.17. The molecule has 3 rings (SSSR count). The molecule has 21 heavy (non-hydrogen) atoms. The van der Waals surface area contributed by atoms with E-state index in [1.165, 1.54) is 12.8 Å². The molecule has 6 nitrogen and oxygen atoms in total. The molecule has 0 bridgehead atoms. The molecule has 2 aromatic heterocycles. The lowest BCUT2D eigenvalue weighted by atomic mass is 10.2. The van der Waals surface area contributed by atoms with Crippen molar-refractivity contribution < 1.29 is 0 Å². The van der Waals surface area contributed by atoms with Gasteiger partial charge in [-0.25, -0.2) is 20.8 Å². The molecule has 1 atom stereocenters. The van der Waals surface area contributed by atoms with Crippen molar-refractivity contribution in [1.82, 2.24) is 15.0 Å². The van der Waals surface area contributed by atoms with Gasteiger partial charge in [0.25, 0.3) is 0 Å². The molecule has 0 spiro atoms. The standard InChI is InChI=1S/C14H20N6S/c1-8(14-16-5-6-21-14)7-17-11-9(2)12(20-15)19-13(18-11)10-3-4-10/h5-6,8,10H,3-4,7,15H2,1-2H3,(H2,17,18,19,20). The summed E-state index contributed by atoms with van der Waals surface area (Å²) in [6.07, 6.45) is 4.18. The number of nitrogen functional groups attached to an aromatic ring is 1. The van der Waals surface area contributed by atoms with Crippen LogP contribution >= 0.6 is 11.3 Å². The van der Waals surface area contributed by atoms with Crippen molar-refractivity contribution in [3.63, 3.8) is 0 Å². The summed E-state index contributed by atoms with van der Waals surface area (Å²) in [5.41, 5.74) is 3.62. The van der Waals surface area contributed by atoms with Gasteiger partial charge in [0.2, 0.25) is 0 Å². The molecule has 2 heterocycles. The topological polar surface area (TPSA) is 88.8 Å². The monoisotopic (exact) mass is 304 g/mol. The Morgan fingerprint density at radius 2 is 2.14 bits per heavy atom. The number of nitrogens with one attached hydrogen (secondary N) is 2. The van der Waals surface area contributed by atoms with Gasteiger partial charge in [0, 0.05) is 35.5 Å². The van der Waals surface area contributed by atoms with Crippen LogP contribution < -0.4 is 16.6 Å². The fourth-order valence-corrected chi connectivity index (χ4v) is 2.88. The Kier molecular flexibility index (Phi) is 4.03. The quantitative estimate of drug-likeness (QED) is 0.561. The molecule has 1 aliphatic rings. The number of nitrogens with two attached hydrogens (primary N) is 1. The smallest absolute Gasteiger partial charge is 0.148 e. The first-order chi connectivity index (χ1) is 10.2. The zero-order chi connectivity index (χ0) is 14.8. The lowest BCUT2D eigenvalue weighted by Gasteiger charge is -2.15. The van der Waals surface area contributed by atoms with E-state index >= 15 is 0 Å². The Bertz CT molecular complexity index is 608. The maximum Gasteiger partial charge on any atom is 0.148 e. The second-order valence-corrected chi connectivity index (χ2v) is 6.40. The highest BCUT2D eigenvalue weighted by Gasteiger charge is 2.28. The number of hydrogen-bond donors (Lipinski definition) is 3. The SMILES string of the molecule is Cc1c(NN)nc(C2CC2)nc1NCC(C)c1nccs1. The largest absolute Gasteiger partial charge is 0.369 e. The van der Waals surface area contributed by atoms with Crippen molar-refractivity contribution in [1.29, 1.82) is 0 Å². The number of nitrogens with zero attached hydrogens (tertiary/aromatic N) is 3. The van der Waals surface area contributed by atoms with E-state index in [2.05, 4.69) is 32.6 Å². The van der Waals surface area contributed by atoms with Crippen molar-refractivity contribution in [2.24, 2.45) is 5.84 Å². The molecule has 0 aromatic carbocycles. The van der Waals surface area contributed by atoms with E-state index in [4.69, 9.17) is 5.84 Å². The van der Waals surface area contributed by atoms with Crippen LogP contribution in [0.3, 0.4) is 0 Å². The van der Waals surface area contributed by atoms with Crippen LogP contribution in [-0.2, 0) is 0 Å².